The number of hydrogen-bond acceptors (Lipinski definition) is 4. The van der Waals surface area contributed by atoms with Crippen molar-refractivity contribution >= 4 is 11.3 Å². The van der Waals surface area contributed by atoms with Gasteiger partial charge in [-0.05, 0) is 39.1 Å². The predicted octanol–water partition coefficient (Wildman–Crippen LogP) is 3.68. The molecule has 0 aliphatic carbocycles. The summed E-state index contributed by atoms with van der Waals surface area (Å²) in [7, 11) is 0. The van der Waals surface area contributed by atoms with Crippen LogP contribution in [0.5, 0.6) is 0 Å². The average molecular weight is 365 g/mol. The molecule has 4 rings (SSSR count). The van der Waals surface area contributed by atoms with Gasteiger partial charge in [-0.15, -0.1) is 0 Å². The summed E-state index contributed by atoms with van der Waals surface area (Å²) in [6, 6.07) is 20.8. The summed E-state index contributed by atoms with van der Waals surface area (Å²) in [5.74, 6) is 0. The molecule has 1 saturated heterocycles. The standard InChI is InChI=1S/C22H23NO2S/c24-16-22(18-6-2-1-3-7-18,21-14-23-11-12-25-21)20-9-5-4-8-19(20)17-10-13-26-15-17/h1-10,13,15,21,23-24H,11-12,14,16H2. The number of ether oxygens (including phenoxy) is 1. The fourth-order valence-electron chi connectivity index (χ4n) is 3.95. The molecule has 0 saturated carbocycles. The molecule has 2 aromatic carbocycles. The third-order valence-corrected chi connectivity index (χ3v) is 5.94. The van der Waals surface area contributed by atoms with Gasteiger partial charge in [0.2, 0.25) is 0 Å². The lowest BCUT2D eigenvalue weighted by atomic mass is 9.68. The molecular formula is C22H23NO2S. The molecule has 2 atom stereocenters. The summed E-state index contributed by atoms with van der Waals surface area (Å²) in [5, 5.41) is 18.4. The van der Waals surface area contributed by atoms with Gasteiger partial charge >= 0.3 is 0 Å². The molecule has 1 aromatic heterocycles. The Morgan fingerprint density at radius 1 is 1.08 bits per heavy atom. The molecule has 0 amide bonds. The van der Waals surface area contributed by atoms with Gasteiger partial charge in [0.15, 0.2) is 0 Å². The molecule has 1 fully saturated rings. The second-order valence-corrected chi connectivity index (χ2v) is 7.40. The van der Waals surface area contributed by atoms with Crippen molar-refractivity contribution in [3.05, 3.63) is 82.6 Å². The third-order valence-electron chi connectivity index (χ3n) is 5.26. The predicted molar refractivity (Wildman–Crippen MR) is 107 cm³/mol. The van der Waals surface area contributed by atoms with E-state index in [1.54, 1.807) is 11.3 Å². The number of nitrogens with one attached hydrogen (secondary N) is 1. The normalized spacial score (nSPS) is 19.8. The Balaban J connectivity index is 1.95. The van der Waals surface area contributed by atoms with Crippen LogP contribution in [0.15, 0.2) is 71.4 Å². The zero-order valence-electron chi connectivity index (χ0n) is 14.6. The van der Waals surface area contributed by atoms with E-state index in [-0.39, 0.29) is 12.7 Å². The lowest BCUT2D eigenvalue weighted by Crippen LogP contribution is -2.54. The fourth-order valence-corrected chi connectivity index (χ4v) is 4.61. The van der Waals surface area contributed by atoms with Gasteiger partial charge in [0.25, 0.3) is 0 Å². The van der Waals surface area contributed by atoms with E-state index >= 15 is 0 Å². The van der Waals surface area contributed by atoms with Crippen LogP contribution in [-0.2, 0) is 10.2 Å². The van der Waals surface area contributed by atoms with E-state index in [0.717, 1.165) is 23.2 Å². The molecule has 2 unspecified atom stereocenters. The van der Waals surface area contributed by atoms with E-state index in [1.807, 2.05) is 18.2 Å². The van der Waals surface area contributed by atoms with Gasteiger partial charge in [0, 0.05) is 13.1 Å². The van der Waals surface area contributed by atoms with Crippen molar-refractivity contribution in [3.8, 4) is 11.1 Å². The van der Waals surface area contributed by atoms with Crippen molar-refractivity contribution < 1.29 is 9.84 Å². The molecule has 0 bridgehead atoms. The highest BCUT2D eigenvalue weighted by molar-refractivity contribution is 7.08. The number of aliphatic hydroxyl groups excluding tert-OH is 1. The summed E-state index contributed by atoms with van der Waals surface area (Å²) in [6.07, 6.45) is -0.136. The van der Waals surface area contributed by atoms with E-state index in [2.05, 4.69) is 58.5 Å². The maximum atomic E-state index is 10.8. The van der Waals surface area contributed by atoms with Gasteiger partial charge in [0.05, 0.1) is 24.7 Å². The van der Waals surface area contributed by atoms with Gasteiger partial charge in [-0.2, -0.15) is 11.3 Å². The van der Waals surface area contributed by atoms with E-state index < -0.39 is 5.41 Å². The quantitative estimate of drug-likeness (QED) is 0.725. The highest BCUT2D eigenvalue weighted by Gasteiger charge is 2.44. The zero-order chi connectivity index (χ0) is 17.8. The summed E-state index contributed by atoms with van der Waals surface area (Å²) in [6.45, 7) is 2.21. The van der Waals surface area contributed by atoms with Crippen LogP contribution in [-0.4, -0.2) is 37.5 Å². The summed E-state index contributed by atoms with van der Waals surface area (Å²) in [5.41, 5.74) is 3.91. The minimum absolute atomic E-state index is 0.00941. The molecule has 1 aliphatic rings. The van der Waals surface area contributed by atoms with Crippen LogP contribution in [0.3, 0.4) is 0 Å². The summed E-state index contributed by atoms with van der Waals surface area (Å²) >= 11 is 1.69. The molecular weight excluding hydrogens is 342 g/mol. The van der Waals surface area contributed by atoms with E-state index in [0.29, 0.717) is 13.2 Å². The highest BCUT2D eigenvalue weighted by Crippen LogP contribution is 2.42. The van der Waals surface area contributed by atoms with Crippen molar-refractivity contribution in [1.29, 1.82) is 0 Å². The molecule has 26 heavy (non-hydrogen) atoms. The third kappa shape index (κ3) is 2.99. The van der Waals surface area contributed by atoms with Gasteiger partial charge in [-0.3, -0.25) is 0 Å². The molecule has 2 N–H and O–H groups in total. The SMILES string of the molecule is OCC(c1ccccc1)(c1ccccc1-c1ccsc1)C1CNCCO1. The van der Waals surface area contributed by atoms with Crippen molar-refractivity contribution in [1.82, 2.24) is 5.32 Å². The number of thiophene rings is 1. The van der Waals surface area contributed by atoms with E-state index in [1.165, 1.54) is 5.56 Å². The number of benzene rings is 2. The number of rotatable bonds is 5. The van der Waals surface area contributed by atoms with Crippen LogP contribution in [0.1, 0.15) is 11.1 Å². The monoisotopic (exact) mass is 365 g/mol. The van der Waals surface area contributed by atoms with Crippen LogP contribution >= 0.6 is 11.3 Å². The van der Waals surface area contributed by atoms with Crippen LogP contribution in [0.25, 0.3) is 11.1 Å². The molecule has 3 nitrogen and oxygen atoms in total. The topological polar surface area (TPSA) is 41.5 Å². The second-order valence-electron chi connectivity index (χ2n) is 6.62. The molecule has 3 aromatic rings. The zero-order valence-corrected chi connectivity index (χ0v) is 15.4. The Morgan fingerprint density at radius 3 is 2.58 bits per heavy atom. The molecule has 4 heteroatoms. The first-order valence-electron chi connectivity index (χ1n) is 8.97. The van der Waals surface area contributed by atoms with Crippen molar-refractivity contribution in [2.24, 2.45) is 0 Å². The minimum Gasteiger partial charge on any atom is -0.395 e. The minimum atomic E-state index is -0.618. The maximum absolute atomic E-state index is 10.8. The molecule has 1 aliphatic heterocycles. The highest BCUT2D eigenvalue weighted by atomic mass is 32.1. The number of hydrogen-bond donors (Lipinski definition) is 2. The largest absolute Gasteiger partial charge is 0.395 e. The van der Waals surface area contributed by atoms with Gasteiger partial charge < -0.3 is 15.2 Å². The Kier molecular flexibility index (Phi) is 5.18. The van der Waals surface area contributed by atoms with E-state index in [9.17, 15) is 5.11 Å². The Labute approximate surface area is 158 Å². The van der Waals surface area contributed by atoms with Crippen molar-refractivity contribution in [3.63, 3.8) is 0 Å². The second kappa shape index (κ2) is 7.72. The lowest BCUT2D eigenvalue weighted by Gasteiger charge is -2.43. The van der Waals surface area contributed by atoms with E-state index in [4.69, 9.17) is 4.74 Å². The van der Waals surface area contributed by atoms with Gasteiger partial charge in [-0.1, -0.05) is 54.6 Å². The summed E-state index contributed by atoms with van der Waals surface area (Å²) in [4.78, 5) is 0. The van der Waals surface area contributed by atoms with Crippen LogP contribution in [0.2, 0.25) is 0 Å². The average Bonchev–Trinajstić information content (AvgIpc) is 3.26. The smallest absolute Gasteiger partial charge is 0.0859 e. The fraction of sp³-hybridized carbons (Fsp3) is 0.273. The Bertz CT molecular complexity index is 828. The van der Waals surface area contributed by atoms with Crippen LogP contribution < -0.4 is 5.32 Å². The van der Waals surface area contributed by atoms with Crippen LogP contribution in [0, 0.1) is 0 Å². The number of aliphatic hydroxyl groups is 1. The molecule has 2 heterocycles. The first-order valence-corrected chi connectivity index (χ1v) is 9.91. The molecule has 0 spiro atoms. The maximum Gasteiger partial charge on any atom is 0.0859 e. The molecule has 0 radical (unpaired) electrons. The molecule has 134 valence electrons. The summed E-state index contributed by atoms with van der Waals surface area (Å²) < 4.78 is 6.20. The first kappa shape index (κ1) is 17.4. The van der Waals surface area contributed by atoms with Crippen LogP contribution in [0.4, 0.5) is 0 Å². The first-order chi connectivity index (χ1) is 12.9. The van der Waals surface area contributed by atoms with Crippen molar-refractivity contribution in [2.45, 2.75) is 11.5 Å². The number of morpholine rings is 1. The lowest BCUT2D eigenvalue weighted by molar-refractivity contribution is -0.0285. The Hall–Kier alpha value is -1.98. The van der Waals surface area contributed by atoms with Gasteiger partial charge in [-0.25, -0.2) is 0 Å². The Morgan fingerprint density at radius 2 is 1.88 bits per heavy atom. The van der Waals surface area contributed by atoms with Gasteiger partial charge in [0.1, 0.15) is 0 Å². The van der Waals surface area contributed by atoms with Crippen molar-refractivity contribution in [2.75, 3.05) is 26.3 Å².